The van der Waals surface area contributed by atoms with Crippen LogP contribution in [-0.2, 0) is 9.09 Å². The van der Waals surface area contributed by atoms with Crippen molar-refractivity contribution in [1.82, 2.24) is 15.3 Å². The lowest BCUT2D eigenvalue weighted by Crippen LogP contribution is -2.32. The van der Waals surface area contributed by atoms with Crippen LogP contribution in [0.3, 0.4) is 0 Å². The number of phosphoric acid groups is 1. The minimum absolute atomic E-state index is 0.0108. The number of carbonyl (C=O) groups is 1. The van der Waals surface area contributed by atoms with E-state index in [-0.39, 0.29) is 41.4 Å². The van der Waals surface area contributed by atoms with E-state index in [0.29, 0.717) is 15.7 Å². The van der Waals surface area contributed by atoms with Gasteiger partial charge in [0.15, 0.2) is 0 Å². The molecule has 1 aliphatic rings. The van der Waals surface area contributed by atoms with Gasteiger partial charge in [-0.1, -0.05) is 6.07 Å². The molecule has 0 spiro atoms. The Morgan fingerprint density at radius 2 is 1.98 bits per heavy atom. The van der Waals surface area contributed by atoms with Gasteiger partial charge in [-0.2, -0.15) is 0 Å². The average molecular weight is 692 g/mol. The number of nitrogens with two attached hydrogens (primary N) is 1. The third-order valence-electron chi connectivity index (χ3n) is 6.46. The van der Waals surface area contributed by atoms with Gasteiger partial charge in [-0.3, -0.25) is 9.32 Å². The number of hydrogen-bond donors (Lipinski definition) is 5. The van der Waals surface area contributed by atoms with Crippen molar-refractivity contribution in [1.29, 1.82) is 0 Å². The largest absolute Gasteiger partial charge is 0.469 e. The second-order valence-electron chi connectivity index (χ2n) is 9.33. The Labute approximate surface area is 240 Å². The van der Waals surface area contributed by atoms with E-state index in [2.05, 4.69) is 19.8 Å². The number of hydrogen-bond acceptors (Lipinski definition) is 7. The predicted octanol–water partition coefficient (Wildman–Crippen LogP) is 4.16. The summed E-state index contributed by atoms with van der Waals surface area (Å²) in [5.74, 6) is -2.89. The average Bonchev–Trinajstić information content (AvgIpc) is 2.87. The first-order chi connectivity index (χ1) is 18.8. The molecular weight excluding hydrogens is 667 g/mol. The summed E-state index contributed by atoms with van der Waals surface area (Å²) in [5.41, 5.74) is 6.48. The SMILES string of the molecule is Nc1ncc([C@H]2CC[C@H](O)[C@@H](F)C2)nc1-c1ccc(C(=O)N[C@H](COP(=O)(O)O)c2cc(F)cc(I)c2)c(F)c1. The Morgan fingerprint density at radius 3 is 2.62 bits per heavy atom. The quantitative estimate of drug-likeness (QED) is 0.172. The number of halogens is 4. The summed E-state index contributed by atoms with van der Waals surface area (Å²) in [6.07, 6.45) is -0.199. The number of benzene rings is 2. The monoisotopic (exact) mass is 692 g/mol. The van der Waals surface area contributed by atoms with Crippen molar-refractivity contribution >= 4 is 42.1 Å². The summed E-state index contributed by atoms with van der Waals surface area (Å²) in [7, 11) is -4.93. The number of nitrogen functional groups attached to an aromatic ring is 1. The molecule has 10 nitrogen and oxygen atoms in total. The van der Waals surface area contributed by atoms with E-state index in [4.69, 9.17) is 15.5 Å². The number of phosphoric ester groups is 1. The summed E-state index contributed by atoms with van der Waals surface area (Å²) in [6, 6.07) is 6.09. The van der Waals surface area contributed by atoms with Gasteiger partial charge in [0.05, 0.1) is 36.2 Å². The molecule has 4 atom stereocenters. The Kier molecular flexibility index (Phi) is 9.47. The molecule has 1 aliphatic carbocycles. The zero-order valence-electron chi connectivity index (χ0n) is 20.7. The molecular formula is C25H25F3IN4O6P. The molecule has 0 radical (unpaired) electrons. The third kappa shape index (κ3) is 7.56. The first-order valence-electron chi connectivity index (χ1n) is 12.0. The van der Waals surface area contributed by atoms with Crippen molar-refractivity contribution < 1.29 is 41.9 Å². The number of aliphatic hydroxyl groups is 1. The number of carbonyl (C=O) groups excluding carboxylic acids is 1. The van der Waals surface area contributed by atoms with Gasteiger partial charge in [0.1, 0.15) is 29.3 Å². The van der Waals surface area contributed by atoms with Crippen molar-refractivity contribution in [3.63, 3.8) is 0 Å². The van der Waals surface area contributed by atoms with E-state index >= 15 is 4.39 Å². The molecule has 1 amide bonds. The molecule has 40 heavy (non-hydrogen) atoms. The van der Waals surface area contributed by atoms with Gasteiger partial charge >= 0.3 is 7.82 Å². The third-order valence-corrected chi connectivity index (χ3v) is 7.57. The molecule has 1 saturated carbocycles. The molecule has 0 saturated heterocycles. The predicted molar refractivity (Wildman–Crippen MR) is 147 cm³/mol. The molecule has 1 heterocycles. The van der Waals surface area contributed by atoms with Gasteiger partial charge in [-0.05, 0) is 77.7 Å². The van der Waals surface area contributed by atoms with Crippen LogP contribution < -0.4 is 11.1 Å². The van der Waals surface area contributed by atoms with Crippen LogP contribution in [-0.4, -0.2) is 49.7 Å². The van der Waals surface area contributed by atoms with Gasteiger partial charge < -0.3 is 25.9 Å². The topological polar surface area (TPSA) is 168 Å². The number of rotatable bonds is 8. The first kappa shape index (κ1) is 30.3. The molecule has 3 aromatic rings. The number of amides is 1. The maximum atomic E-state index is 15.2. The number of alkyl halides is 1. The second kappa shape index (κ2) is 12.5. The van der Waals surface area contributed by atoms with Crippen molar-refractivity contribution in [2.45, 2.75) is 43.5 Å². The number of aromatic nitrogens is 2. The summed E-state index contributed by atoms with van der Waals surface area (Å²) in [6.45, 7) is -0.716. The molecule has 4 rings (SSSR count). The lowest BCUT2D eigenvalue weighted by molar-refractivity contribution is 0.0363. The van der Waals surface area contributed by atoms with Crippen LogP contribution >= 0.6 is 30.4 Å². The second-order valence-corrected chi connectivity index (χ2v) is 11.8. The zero-order valence-corrected chi connectivity index (χ0v) is 23.7. The highest BCUT2D eigenvalue weighted by Gasteiger charge is 2.31. The molecule has 0 bridgehead atoms. The maximum Gasteiger partial charge on any atom is 0.469 e. The fourth-order valence-electron chi connectivity index (χ4n) is 4.44. The summed E-state index contributed by atoms with van der Waals surface area (Å²) >= 11 is 1.83. The normalized spacial score (nSPS) is 20.2. The van der Waals surface area contributed by atoms with Gasteiger partial charge in [0.2, 0.25) is 0 Å². The standard InChI is InChI=1S/C25H25F3IN4O6P/c26-15-5-14(6-16(29)9-15)21(11-39-40(36,37)38)33-25(35)17-3-1-13(8-18(17)27)23-24(30)31-10-20(32-23)12-2-4-22(34)19(28)7-12/h1,3,5-6,8-10,12,19,21-22,34H,2,4,7,11H2,(H2,30,31)(H,33,35)(H2,36,37,38)/t12-,19-,21+,22-/m0/s1. The molecule has 1 fully saturated rings. The molecule has 214 valence electrons. The molecule has 2 aromatic carbocycles. The van der Waals surface area contributed by atoms with Crippen molar-refractivity contribution in [2.24, 2.45) is 0 Å². The first-order valence-corrected chi connectivity index (χ1v) is 14.6. The highest BCUT2D eigenvalue weighted by Crippen LogP contribution is 2.38. The fraction of sp³-hybridized carbons (Fsp3) is 0.320. The zero-order chi connectivity index (χ0) is 29.2. The van der Waals surface area contributed by atoms with Gasteiger partial charge in [-0.15, -0.1) is 0 Å². The Hall–Kier alpha value is -2.62. The van der Waals surface area contributed by atoms with Crippen LogP contribution in [0.1, 0.15) is 52.8 Å². The van der Waals surface area contributed by atoms with E-state index in [1.54, 1.807) is 0 Å². The summed E-state index contributed by atoms with van der Waals surface area (Å²) in [4.78, 5) is 39.7. The van der Waals surface area contributed by atoms with Gasteiger partial charge in [0, 0.05) is 15.1 Å². The minimum Gasteiger partial charge on any atom is -0.390 e. The number of nitrogens with one attached hydrogen (secondary N) is 1. The maximum absolute atomic E-state index is 15.2. The molecule has 15 heteroatoms. The van der Waals surface area contributed by atoms with Crippen LogP contribution in [0.5, 0.6) is 0 Å². The lowest BCUT2D eigenvalue weighted by atomic mass is 9.84. The summed E-state index contributed by atoms with van der Waals surface area (Å²) < 4.78 is 59.4. The molecule has 1 aromatic heterocycles. The van der Waals surface area contributed by atoms with Crippen LogP contribution in [0.15, 0.2) is 42.6 Å². The Bertz CT molecular complexity index is 1440. The van der Waals surface area contributed by atoms with E-state index in [1.807, 2.05) is 22.6 Å². The van der Waals surface area contributed by atoms with Crippen LogP contribution in [0, 0.1) is 15.2 Å². The lowest BCUT2D eigenvalue weighted by Gasteiger charge is -2.28. The number of anilines is 1. The Balaban J connectivity index is 1.58. The summed E-state index contributed by atoms with van der Waals surface area (Å²) in [5, 5.41) is 12.1. The number of nitrogens with zero attached hydrogens (tertiary/aromatic N) is 2. The van der Waals surface area contributed by atoms with Crippen molar-refractivity contribution in [2.75, 3.05) is 12.3 Å². The van der Waals surface area contributed by atoms with Gasteiger partial charge in [0.25, 0.3) is 5.91 Å². The highest BCUT2D eigenvalue weighted by molar-refractivity contribution is 14.1. The molecule has 0 aliphatic heterocycles. The highest BCUT2D eigenvalue weighted by atomic mass is 127. The van der Waals surface area contributed by atoms with Crippen LogP contribution in [0.2, 0.25) is 0 Å². The van der Waals surface area contributed by atoms with Crippen molar-refractivity contribution in [3.8, 4) is 11.3 Å². The van der Waals surface area contributed by atoms with Crippen molar-refractivity contribution in [3.05, 3.63) is 74.6 Å². The van der Waals surface area contributed by atoms with Gasteiger partial charge in [-0.25, -0.2) is 27.7 Å². The smallest absolute Gasteiger partial charge is 0.390 e. The van der Waals surface area contributed by atoms with E-state index in [9.17, 15) is 23.2 Å². The van der Waals surface area contributed by atoms with E-state index < -0.39 is 55.9 Å². The van der Waals surface area contributed by atoms with E-state index in [1.165, 1.54) is 30.5 Å². The van der Waals surface area contributed by atoms with Crippen LogP contribution in [0.25, 0.3) is 11.3 Å². The van der Waals surface area contributed by atoms with Crippen LogP contribution in [0.4, 0.5) is 19.0 Å². The molecule has 0 unspecified atom stereocenters. The Morgan fingerprint density at radius 1 is 1.23 bits per heavy atom. The molecule has 6 N–H and O–H groups in total. The van der Waals surface area contributed by atoms with E-state index in [0.717, 1.165) is 12.1 Å². The minimum atomic E-state index is -4.93. The number of aliphatic hydroxyl groups excluding tert-OH is 1. The fourth-order valence-corrected chi connectivity index (χ4v) is 5.44.